The summed E-state index contributed by atoms with van der Waals surface area (Å²) in [5.74, 6) is -1.57. The summed E-state index contributed by atoms with van der Waals surface area (Å²) in [5, 5.41) is 0. The van der Waals surface area contributed by atoms with E-state index in [1.165, 1.54) is 20.8 Å². The van der Waals surface area contributed by atoms with E-state index in [2.05, 4.69) is 4.98 Å². The van der Waals surface area contributed by atoms with Crippen LogP contribution in [0.1, 0.15) is 64.0 Å². The average molecular weight is 461 g/mol. The molecule has 9 heteroatoms. The van der Waals surface area contributed by atoms with Crippen LogP contribution in [0.3, 0.4) is 0 Å². The molecule has 0 radical (unpaired) electrons. The summed E-state index contributed by atoms with van der Waals surface area (Å²) in [5.41, 5.74) is 3.44. The Morgan fingerprint density at radius 3 is 2.38 bits per heavy atom. The van der Waals surface area contributed by atoms with E-state index < -0.39 is 33.9 Å². The van der Waals surface area contributed by atoms with Gasteiger partial charge in [-0.25, -0.2) is 8.42 Å². The highest BCUT2D eigenvalue weighted by molar-refractivity contribution is 7.89. The number of rotatable bonds is 7. The lowest BCUT2D eigenvalue weighted by atomic mass is 9.96. The summed E-state index contributed by atoms with van der Waals surface area (Å²) in [4.78, 5) is 40.8. The third kappa shape index (κ3) is 4.40. The van der Waals surface area contributed by atoms with Gasteiger partial charge in [-0.1, -0.05) is 24.3 Å². The normalized spacial score (nSPS) is 17.5. The fraction of sp³-hybridized carbons (Fsp3) is 0.435. The fourth-order valence-corrected chi connectivity index (χ4v) is 5.41. The Hall–Kier alpha value is -2.78. The Morgan fingerprint density at radius 2 is 1.81 bits per heavy atom. The number of nitrogens with zero attached hydrogens (tertiary/aromatic N) is 1. The largest absolute Gasteiger partial charge is 0.453 e. The van der Waals surface area contributed by atoms with Crippen LogP contribution in [-0.2, 0) is 32.5 Å². The van der Waals surface area contributed by atoms with Crippen LogP contribution in [0.25, 0.3) is 0 Å². The molecule has 32 heavy (non-hydrogen) atoms. The Labute approximate surface area is 188 Å². The van der Waals surface area contributed by atoms with Gasteiger partial charge in [-0.05, 0) is 51.3 Å². The highest BCUT2D eigenvalue weighted by atomic mass is 32.2. The second-order valence-corrected chi connectivity index (χ2v) is 10.3. The summed E-state index contributed by atoms with van der Waals surface area (Å²) in [6, 6.07) is 6.30. The van der Waals surface area contributed by atoms with Crippen LogP contribution in [0.2, 0.25) is 0 Å². The molecule has 0 spiro atoms. The van der Waals surface area contributed by atoms with Crippen molar-refractivity contribution >= 4 is 27.6 Å². The average Bonchev–Trinajstić information content (AvgIpc) is 3.05. The second kappa shape index (κ2) is 8.99. The van der Waals surface area contributed by atoms with Crippen molar-refractivity contribution < 1.29 is 27.5 Å². The molecule has 2 atom stereocenters. The van der Waals surface area contributed by atoms with E-state index >= 15 is 0 Å². The number of esters is 1. The van der Waals surface area contributed by atoms with Gasteiger partial charge in [-0.15, -0.1) is 0 Å². The highest BCUT2D eigenvalue weighted by Crippen LogP contribution is 2.27. The first-order valence-electron chi connectivity index (χ1n) is 10.5. The standard InChI is InChI=1S/C23H28N2O6S/c1-6-32(29,30)25-12-18-10-8-7-9-17(18)11-19(25)23(28)31-16(5)22(27)21-13(2)20(15(4)26)14(3)24-21/h7-10,16,19,24H,6,11-12H2,1-5H3/t16-,19-/m0/s1. The molecule has 172 valence electrons. The predicted octanol–water partition coefficient (Wildman–Crippen LogP) is 2.73. The van der Waals surface area contributed by atoms with Crippen LogP contribution in [0.4, 0.5) is 0 Å². The molecule has 0 aliphatic carbocycles. The zero-order valence-electron chi connectivity index (χ0n) is 18.9. The number of aromatic nitrogens is 1. The molecule has 3 rings (SSSR count). The summed E-state index contributed by atoms with van der Waals surface area (Å²) in [6.45, 7) is 7.82. The van der Waals surface area contributed by atoms with Crippen LogP contribution in [-0.4, -0.2) is 53.1 Å². The number of aryl methyl sites for hydroxylation is 1. The Morgan fingerprint density at radius 1 is 1.19 bits per heavy atom. The number of benzene rings is 1. The van der Waals surface area contributed by atoms with Crippen LogP contribution >= 0.6 is 0 Å². The van der Waals surface area contributed by atoms with Crippen molar-refractivity contribution in [3.8, 4) is 0 Å². The molecular formula is C23H28N2O6S. The number of Topliss-reactive ketones (excluding diaryl/α,β-unsaturated/α-hetero) is 2. The smallest absolute Gasteiger partial charge is 0.325 e. The Bertz CT molecular complexity index is 1180. The SMILES string of the molecule is CCS(=O)(=O)N1Cc2ccccc2C[C@H]1C(=O)O[C@@H](C)C(=O)c1[nH]c(C)c(C(C)=O)c1C. The Kier molecular flexibility index (Phi) is 6.71. The number of carbonyl (C=O) groups is 3. The fourth-order valence-electron chi connectivity index (χ4n) is 4.19. The van der Waals surface area contributed by atoms with Gasteiger partial charge in [-0.3, -0.25) is 14.4 Å². The van der Waals surface area contributed by atoms with Crippen LogP contribution in [0, 0.1) is 13.8 Å². The first-order valence-corrected chi connectivity index (χ1v) is 12.1. The number of sulfonamides is 1. The van der Waals surface area contributed by atoms with Gasteiger partial charge >= 0.3 is 5.97 Å². The molecule has 0 unspecified atom stereocenters. The number of aromatic amines is 1. The van der Waals surface area contributed by atoms with Gasteiger partial charge in [0.15, 0.2) is 11.9 Å². The predicted molar refractivity (Wildman–Crippen MR) is 119 cm³/mol. The molecule has 0 saturated carbocycles. The first kappa shape index (κ1) is 23.9. The molecule has 0 fully saturated rings. The summed E-state index contributed by atoms with van der Waals surface area (Å²) < 4.78 is 32.0. The van der Waals surface area contributed by atoms with Crippen molar-refractivity contribution in [2.75, 3.05) is 5.75 Å². The van der Waals surface area contributed by atoms with Gasteiger partial charge in [-0.2, -0.15) is 4.31 Å². The number of fused-ring (bicyclic) bond motifs is 1. The van der Waals surface area contributed by atoms with Gasteiger partial charge in [0, 0.05) is 24.2 Å². The maximum Gasteiger partial charge on any atom is 0.325 e. The minimum Gasteiger partial charge on any atom is -0.453 e. The summed E-state index contributed by atoms with van der Waals surface area (Å²) in [7, 11) is -3.68. The summed E-state index contributed by atoms with van der Waals surface area (Å²) >= 11 is 0. The third-order valence-electron chi connectivity index (χ3n) is 5.90. The van der Waals surface area contributed by atoms with Crippen LogP contribution in [0.5, 0.6) is 0 Å². The van der Waals surface area contributed by atoms with Crippen molar-refractivity contribution in [1.82, 2.24) is 9.29 Å². The molecule has 2 aromatic rings. The maximum atomic E-state index is 13.0. The molecule has 1 aromatic heterocycles. The lowest BCUT2D eigenvalue weighted by molar-refractivity contribution is -0.151. The molecule has 8 nitrogen and oxygen atoms in total. The molecule has 0 amide bonds. The second-order valence-electron chi connectivity index (χ2n) is 8.06. The van der Waals surface area contributed by atoms with E-state index in [-0.39, 0.29) is 30.2 Å². The lowest BCUT2D eigenvalue weighted by Gasteiger charge is -2.34. The molecule has 0 saturated heterocycles. The van der Waals surface area contributed by atoms with Crippen LogP contribution in [0.15, 0.2) is 24.3 Å². The zero-order chi connectivity index (χ0) is 23.8. The number of nitrogens with one attached hydrogen (secondary N) is 1. The number of hydrogen-bond donors (Lipinski definition) is 1. The Balaban J connectivity index is 1.85. The van der Waals surface area contributed by atoms with E-state index in [1.807, 2.05) is 24.3 Å². The number of carbonyl (C=O) groups excluding carboxylic acids is 3. The van der Waals surface area contributed by atoms with Gasteiger partial charge in [0.05, 0.1) is 11.4 Å². The maximum absolute atomic E-state index is 13.0. The number of ether oxygens (including phenoxy) is 1. The molecule has 1 aromatic carbocycles. The molecule has 2 heterocycles. The van der Waals surface area contributed by atoms with Gasteiger partial charge in [0.1, 0.15) is 6.04 Å². The quantitative estimate of drug-likeness (QED) is 0.502. The van der Waals surface area contributed by atoms with Crippen LogP contribution < -0.4 is 0 Å². The molecule has 1 aliphatic rings. The van der Waals surface area contributed by atoms with Gasteiger partial charge in [0.25, 0.3) is 0 Å². The molecular weight excluding hydrogens is 432 g/mol. The van der Waals surface area contributed by atoms with Crippen molar-refractivity contribution in [2.24, 2.45) is 0 Å². The minimum absolute atomic E-state index is 0.0747. The van der Waals surface area contributed by atoms with E-state index in [0.29, 0.717) is 16.8 Å². The van der Waals surface area contributed by atoms with Gasteiger partial charge < -0.3 is 9.72 Å². The summed E-state index contributed by atoms with van der Waals surface area (Å²) in [6.07, 6.45) is -0.980. The number of H-pyrrole nitrogens is 1. The number of hydrogen-bond acceptors (Lipinski definition) is 6. The van der Waals surface area contributed by atoms with Gasteiger partial charge in [0.2, 0.25) is 15.8 Å². The third-order valence-corrected chi connectivity index (χ3v) is 7.73. The molecule has 1 N–H and O–H groups in total. The molecule has 0 bridgehead atoms. The van der Waals surface area contributed by atoms with Crippen molar-refractivity contribution in [1.29, 1.82) is 0 Å². The zero-order valence-corrected chi connectivity index (χ0v) is 19.7. The molecule has 1 aliphatic heterocycles. The lowest BCUT2D eigenvalue weighted by Crippen LogP contribution is -2.50. The van der Waals surface area contributed by atoms with Crippen molar-refractivity contribution in [2.45, 2.75) is 59.7 Å². The minimum atomic E-state index is -3.68. The van der Waals surface area contributed by atoms with Crippen molar-refractivity contribution in [3.05, 3.63) is 57.9 Å². The van der Waals surface area contributed by atoms with E-state index in [4.69, 9.17) is 4.74 Å². The van der Waals surface area contributed by atoms with E-state index in [9.17, 15) is 22.8 Å². The van der Waals surface area contributed by atoms with E-state index in [1.54, 1.807) is 13.8 Å². The first-order chi connectivity index (χ1) is 15.0. The topological polar surface area (TPSA) is 114 Å². The highest BCUT2D eigenvalue weighted by Gasteiger charge is 2.40. The number of ketones is 2. The van der Waals surface area contributed by atoms with Crippen molar-refractivity contribution in [3.63, 3.8) is 0 Å². The van der Waals surface area contributed by atoms with E-state index in [0.717, 1.165) is 15.4 Å². The monoisotopic (exact) mass is 460 g/mol.